The number of pyridine rings is 1. The summed E-state index contributed by atoms with van der Waals surface area (Å²) in [6.45, 7) is 3.79. The van der Waals surface area contributed by atoms with Crippen LogP contribution in [-0.4, -0.2) is 35.0 Å². The maximum absolute atomic E-state index is 11.4. The zero-order chi connectivity index (χ0) is 22.6. The molecule has 0 fully saturated rings. The van der Waals surface area contributed by atoms with E-state index in [9.17, 15) is 9.90 Å². The molecule has 1 aliphatic heterocycles. The molecule has 3 aromatic rings. The minimum absolute atomic E-state index is 0.0121. The zero-order valence-corrected chi connectivity index (χ0v) is 18.2. The Bertz CT molecular complexity index is 1140. The van der Waals surface area contributed by atoms with Crippen molar-refractivity contribution < 1.29 is 24.2 Å². The van der Waals surface area contributed by atoms with Gasteiger partial charge in [0.05, 0.1) is 11.2 Å². The van der Waals surface area contributed by atoms with Crippen LogP contribution in [0.5, 0.6) is 5.75 Å². The molecule has 7 nitrogen and oxygen atoms in total. The first-order valence-corrected chi connectivity index (χ1v) is 10.6. The number of carbonyl (C=O) groups excluding carboxylic acids is 1. The lowest BCUT2D eigenvalue weighted by molar-refractivity contribution is -0.152. The van der Waals surface area contributed by atoms with Gasteiger partial charge in [-0.3, -0.25) is 9.78 Å². The number of aliphatic hydroxyl groups is 1. The summed E-state index contributed by atoms with van der Waals surface area (Å²) in [5, 5.41) is 14.4. The molecular formula is C25H26N2O5. The normalized spacial score (nSPS) is 17.7. The maximum Gasteiger partial charge on any atom is 0.302 e. The van der Waals surface area contributed by atoms with Gasteiger partial charge in [0.1, 0.15) is 19.0 Å². The van der Waals surface area contributed by atoms with Crippen molar-refractivity contribution >= 4 is 22.6 Å². The van der Waals surface area contributed by atoms with E-state index in [1.54, 1.807) is 0 Å². The highest BCUT2D eigenvalue weighted by molar-refractivity contribution is 5.86. The second-order valence-electron chi connectivity index (χ2n) is 7.93. The van der Waals surface area contributed by atoms with Gasteiger partial charge < -0.3 is 19.4 Å². The first kappa shape index (κ1) is 21.8. The average Bonchev–Trinajstić information content (AvgIpc) is 3.21. The standard InChI is InChI=1S/C25H26N2O5/c1-17-13-19(23-5-3-4-6-24(23)26-17)15-30-22-9-7-20(8-10-22)25(16-31-18(2)29)14-21(11-12-28)27-32-25/h3-10,13,28H,11-12,14-16H2,1-2H3. The molecule has 7 heteroatoms. The highest BCUT2D eigenvalue weighted by atomic mass is 16.7. The molecule has 2 heterocycles. The van der Waals surface area contributed by atoms with Gasteiger partial charge in [-0.15, -0.1) is 0 Å². The summed E-state index contributed by atoms with van der Waals surface area (Å²) in [4.78, 5) is 21.7. The van der Waals surface area contributed by atoms with Crippen LogP contribution in [-0.2, 0) is 26.6 Å². The van der Waals surface area contributed by atoms with Gasteiger partial charge in [-0.2, -0.15) is 0 Å². The lowest BCUT2D eigenvalue weighted by atomic mass is 9.89. The third kappa shape index (κ3) is 4.73. The number of nitrogens with zero attached hydrogens (tertiary/aromatic N) is 2. The number of hydrogen-bond acceptors (Lipinski definition) is 7. The summed E-state index contributed by atoms with van der Waals surface area (Å²) in [7, 11) is 0. The first-order chi connectivity index (χ1) is 15.5. The van der Waals surface area contributed by atoms with E-state index in [1.165, 1.54) is 6.92 Å². The van der Waals surface area contributed by atoms with Crippen LogP contribution >= 0.6 is 0 Å². The number of aryl methyl sites for hydroxylation is 1. The second kappa shape index (κ2) is 9.36. The molecule has 0 bridgehead atoms. The number of aromatic nitrogens is 1. The second-order valence-corrected chi connectivity index (χ2v) is 7.93. The number of benzene rings is 2. The molecule has 0 amide bonds. The number of rotatable bonds is 8. The van der Waals surface area contributed by atoms with E-state index in [0.717, 1.165) is 33.4 Å². The average molecular weight is 434 g/mol. The third-order valence-electron chi connectivity index (χ3n) is 5.45. The van der Waals surface area contributed by atoms with Crippen molar-refractivity contribution in [3.63, 3.8) is 0 Å². The molecule has 0 spiro atoms. The number of fused-ring (bicyclic) bond motifs is 1. The molecule has 1 atom stereocenters. The van der Waals surface area contributed by atoms with Gasteiger partial charge in [0, 0.05) is 48.6 Å². The smallest absolute Gasteiger partial charge is 0.302 e. The SMILES string of the molecule is CC(=O)OCC1(c2ccc(OCc3cc(C)nc4ccccc34)cc2)CC(CCO)=NO1. The number of para-hydroxylation sites is 1. The minimum atomic E-state index is -0.896. The number of esters is 1. The summed E-state index contributed by atoms with van der Waals surface area (Å²) < 4.78 is 11.3. The fourth-order valence-electron chi connectivity index (χ4n) is 3.87. The van der Waals surface area contributed by atoms with Crippen LogP contribution in [0.15, 0.2) is 59.8 Å². The number of hydrogen-bond donors (Lipinski definition) is 1. The van der Waals surface area contributed by atoms with Gasteiger partial charge >= 0.3 is 5.97 Å². The fraction of sp³-hybridized carbons (Fsp3) is 0.320. The van der Waals surface area contributed by atoms with Crippen molar-refractivity contribution in [1.82, 2.24) is 4.98 Å². The monoisotopic (exact) mass is 434 g/mol. The Labute approximate surface area is 186 Å². The Morgan fingerprint density at radius 2 is 1.97 bits per heavy atom. The molecule has 4 rings (SSSR count). The van der Waals surface area contributed by atoms with Crippen LogP contribution in [0, 0.1) is 6.92 Å². The van der Waals surface area contributed by atoms with E-state index in [4.69, 9.17) is 14.3 Å². The third-order valence-corrected chi connectivity index (χ3v) is 5.45. The Kier molecular flexibility index (Phi) is 6.37. The number of oxime groups is 1. The van der Waals surface area contributed by atoms with Crippen molar-refractivity contribution in [2.45, 2.75) is 38.9 Å². The van der Waals surface area contributed by atoms with Gasteiger partial charge in [-0.1, -0.05) is 35.5 Å². The molecule has 1 aromatic heterocycles. The van der Waals surface area contributed by atoms with E-state index in [-0.39, 0.29) is 19.2 Å². The van der Waals surface area contributed by atoms with Gasteiger partial charge in [0.2, 0.25) is 5.60 Å². The molecule has 1 aliphatic rings. The molecule has 0 aliphatic carbocycles. The van der Waals surface area contributed by atoms with E-state index >= 15 is 0 Å². The van der Waals surface area contributed by atoms with Gasteiger partial charge in [-0.05, 0) is 31.2 Å². The van der Waals surface area contributed by atoms with Crippen LogP contribution < -0.4 is 4.74 Å². The van der Waals surface area contributed by atoms with Crippen LogP contribution in [0.25, 0.3) is 10.9 Å². The van der Waals surface area contributed by atoms with Crippen molar-refractivity contribution in [2.24, 2.45) is 5.16 Å². The number of ether oxygens (including phenoxy) is 2. The largest absolute Gasteiger partial charge is 0.489 e. The predicted octanol–water partition coefficient (Wildman–Crippen LogP) is 4.04. The van der Waals surface area contributed by atoms with Crippen molar-refractivity contribution in [3.05, 3.63) is 71.4 Å². The summed E-state index contributed by atoms with van der Waals surface area (Å²) in [6, 6.07) is 17.6. The molecule has 1 unspecified atom stereocenters. The molecule has 32 heavy (non-hydrogen) atoms. The molecule has 0 radical (unpaired) electrons. The topological polar surface area (TPSA) is 90.2 Å². The highest BCUT2D eigenvalue weighted by Gasteiger charge is 2.42. The van der Waals surface area contributed by atoms with Gasteiger partial charge in [0.15, 0.2) is 0 Å². The molecule has 2 aromatic carbocycles. The van der Waals surface area contributed by atoms with E-state index in [0.29, 0.717) is 25.2 Å². The van der Waals surface area contributed by atoms with E-state index in [2.05, 4.69) is 10.1 Å². The van der Waals surface area contributed by atoms with Crippen molar-refractivity contribution in [3.8, 4) is 5.75 Å². The van der Waals surface area contributed by atoms with E-state index < -0.39 is 5.60 Å². The summed E-state index contributed by atoms with van der Waals surface area (Å²) in [5.74, 6) is 0.327. The van der Waals surface area contributed by atoms with Gasteiger partial charge in [0.25, 0.3) is 0 Å². The Morgan fingerprint density at radius 1 is 1.19 bits per heavy atom. The minimum Gasteiger partial charge on any atom is -0.489 e. The first-order valence-electron chi connectivity index (χ1n) is 10.6. The van der Waals surface area contributed by atoms with Crippen LogP contribution in [0.2, 0.25) is 0 Å². The Balaban J connectivity index is 1.50. The predicted molar refractivity (Wildman–Crippen MR) is 120 cm³/mol. The fourth-order valence-corrected chi connectivity index (χ4v) is 3.87. The van der Waals surface area contributed by atoms with Crippen LogP contribution in [0.1, 0.15) is 36.6 Å². The number of aliphatic hydroxyl groups excluding tert-OH is 1. The summed E-state index contributed by atoms with van der Waals surface area (Å²) in [6.07, 6.45) is 0.867. The molecule has 0 saturated carbocycles. The van der Waals surface area contributed by atoms with Crippen LogP contribution in [0.3, 0.4) is 0 Å². The Morgan fingerprint density at radius 3 is 2.72 bits per heavy atom. The number of carbonyl (C=O) groups is 1. The molecule has 166 valence electrons. The maximum atomic E-state index is 11.4. The van der Waals surface area contributed by atoms with Gasteiger partial charge in [-0.25, -0.2) is 0 Å². The quantitative estimate of drug-likeness (QED) is 0.538. The van der Waals surface area contributed by atoms with Crippen LogP contribution in [0.4, 0.5) is 0 Å². The van der Waals surface area contributed by atoms with E-state index in [1.807, 2.05) is 61.5 Å². The molecular weight excluding hydrogens is 408 g/mol. The molecule has 1 N–H and O–H groups in total. The lowest BCUT2D eigenvalue weighted by Gasteiger charge is -2.26. The zero-order valence-electron chi connectivity index (χ0n) is 18.2. The summed E-state index contributed by atoms with van der Waals surface area (Å²) in [5.41, 5.74) is 3.64. The van der Waals surface area contributed by atoms with Crippen molar-refractivity contribution in [2.75, 3.05) is 13.2 Å². The highest BCUT2D eigenvalue weighted by Crippen LogP contribution is 2.37. The Hall–Kier alpha value is -3.45. The summed E-state index contributed by atoms with van der Waals surface area (Å²) >= 11 is 0. The van der Waals surface area contributed by atoms with Crippen molar-refractivity contribution in [1.29, 1.82) is 0 Å². The molecule has 0 saturated heterocycles. The lowest BCUT2D eigenvalue weighted by Crippen LogP contribution is -2.33.